The first-order valence-corrected chi connectivity index (χ1v) is 7.79. The van der Waals surface area contributed by atoms with Crippen LogP contribution in [0.4, 0.5) is 5.69 Å². The molecule has 1 fully saturated rings. The molecule has 1 aliphatic rings. The molecule has 6 heteroatoms. The second kappa shape index (κ2) is 6.64. The zero-order chi connectivity index (χ0) is 16.2. The number of aromatic nitrogens is 2. The quantitative estimate of drug-likeness (QED) is 0.912. The van der Waals surface area contributed by atoms with Gasteiger partial charge in [-0.25, -0.2) is 4.98 Å². The van der Waals surface area contributed by atoms with Crippen LogP contribution in [0.1, 0.15) is 19.8 Å². The van der Waals surface area contributed by atoms with Crippen molar-refractivity contribution in [3.63, 3.8) is 0 Å². The second-order valence-electron chi connectivity index (χ2n) is 5.78. The zero-order valence-electron chi connectivity index (χ0n) is 13.1. The monoisotopic (exact) mass is 312 g/mol. The average Bonchev–Trinajstić information content (AvgIpc) is 3.10. The van der Waals surface area contributed by atoms with Crippen LogP contribution in [0.25, 0.3) is 11.4 Å². The number of H-pyrrole nitrogens is 1. The number of anilines is 1. The number of nitrogens with zero attached hydrogens (tertiary/aromatic N) is 2. The molecule has 1 aromatic heterocycles. The second-order valence-corrected chi connectivity index (χ2v) is 5.78. The summed E-state index contributed by atoms with van der Waals surface area (Å²) in [6.07, 6.45) is 4.92. The highest BCUT2D eigenvalue weighted by Crippen LogP contribution is 2.21. The molecule has 0 atom stereocenters. The average molecular weight is 312 g/mol. The smallest absolute Gasteiger partial charge is 0.227 e. The lowest BCUT2D eigenvalue weighted by Crippen LogP contribution is -2.40. The topological polar surface area (TPSA) is 78.1 Å². The minimum atomic E-state index is -0.0321. The van der Waals surface area contributed by atoms with E-state index in [1.807, 2.05) is 24.3 Å². The van der Waals surface area contributed by atoms with Gasteiger partial charge in [-0.1, -0.05) is 0 Å². The molecule has 120 valence electrons. The van der Waals surface area contributed by atoms with Crippen molar-refractivity contribution < 1.29 is 9.59 Å². The number of rotatable bonds is 3. The number of amides is 2. The van der Waals surface area contributed by atoms with E-state index in [-0.39, 0.29) is 17.7 Å². The zero-order valence-corrected chi connectivity index (χ0v) is 13.1. The number of carbonyl (C=O) groups is 2. The molecule has 0 spiro atoms. The normalized spacial score (nSPS) is 15.4. The standard InChI is InChI=1S/C17H20N4O2/c1-12(22)21-10-6-14(7-11-21)17(23)20-15-4-2-13(3-5-15)16-18-8-9-19-16/h2-5,8-9,14H,6-7,10-11H2,1H3,(H,18,19)(H,20,23). The van der Waals surface area contributed by atoms with E-state index < -0.39 is 0 Å². The summed E-state index contributed by atoms with van der Waals surface area (Å²) in [5, 5.41) is 2.96. The van der Waals surface area contributed by atoms with Crippen LogP contribution in [0.5, 0.6) is 0 Å². The lowest BCUT2D eigenvalue weighted by atomic mass is 9.96. The number of aromatic amines is 1. The van der Waals surface area contributed by atoms with E-state index in [1.165, 1.54) is 0 Å². The van der Waals surface area contributed by atoms with Crippen LogP contribution in [-0.2, 0) is 9.59 Å². The van der Waals surface area contributed by atoms with Crippen molar-refractivity contribution in [1.82, 2.24) is 14.9 Å². The molecule has 0 radical (unpaired) electrons. The number of imidazole rings is 1. The first-order chi connectivity index (χ1) is 11.1. The fourth-order valence-corrected chi connectivity index (χ4v) is 2.84. The van der Waals surface area contributed by atoms with E-state index in [4.69, 9.17) is 0 Å². The molecule has 3 rings (SSSR count). The van der Waals surface area contributed by atoms with Gasteiger partial charge in [0.25, 0.3) is 0 Å². The van der Waals surface area contributed by atoms with E-state index >= 15 is 0 Å². The third-order valence-electron chi connectivity index (χ3n) is 4.24. The number of benzene rings is 1. The molecule has 1 aromatic carbocycles. The van der Waals surface area contributed by atoms with E-state index in [1.54, 1.807) is 24.2 Å². The lowest BCUT2D eigenvalue weighted by molar-refractivity contribution is -0.132. The van der Waals surface area contributed by atoms with Crippen LogP contribution in [0, 0.1) is 5.92 Å². The van der Waals surface area contributed by atoms with Crippen molar-refractivity contribution in [2.75, 3.05) is 18.4 Å². The SMILES string of the molecule is CC(=O)N1CCC(C(=O)Nc2ccc(-c3ncc[nH]3)cc2)CC1. The summed E-state index contributed by atoms with van der Waals surface area (Å²) >= 11 is 0. The summed E-state index contributed by atoms with van der Waals surface area (Å²) in [5.41, 5.74) is 1.75. The van der Waals surface area contributed by atoms with Crippen LogP contribution in [0.2, 0.25) is 0 Å². The number of carbonyl (C=O) groups excluding carboxylic acids is 2. The van der Waals surface area contributed by atoms with Crippen molar-refractivity contribution in [3.8, 4) is 11.4 Å². The summed E-state index contributed by atoms with van der Waals surface area (Å²) in [7, 11) is 0. The van der Waals surface area contributed by atoms with Gasteiger partial charge < -0.3 is 15.2 Å². The number of piperidine rings is 1. The maximum atomic E-state index is 12.3. The molecular weight excluding hydrogens is 292 g/mol. The fraction of sp³-hybridized carbons (Fsp3) is 0.353. The first kappa shape index (κ1) is 15.3. The molecule has 0 bridgehead atoms. The fourth-order valence-electron chi connectivity index (χ4n) is 2.84. The number of hydrogen-bond acceptors (Lipinski definition) is 3. The molecule has 23 heavy (non-hydrogen) atoms. The van der Waals surface area contributed by atoms with Gasteiger partial charge in [0.15, 0.2) is 0 Å². The Morgan fingerprint density at radius 2 is 1.91 bits per heavy atom. The molecule has 2 aromatic rings. The largest absolute Gasteiger partial charge is 0.345 e. The van der Waals surface area contributed by atoms with Crippen molar-refractivity contribution in [2.45, 2.75) is 19.8 Å². The summed E-state index contributed by atoms with van der Waals surface area (Å²) < 4.78 is 0. The van der Waals surface area contributed by atoms with E-state index in [2.05, 4.69) is 15.3 Å². The number of hydrogen-bond donors (Lipinski definition) is 2. The molecule has 0 saturated carbocycles. The molecule has 2 heterocycles. The van der Waals surface area contributed by atoms with E-state index in [0.29, 0.717) is 13.1 Å². The molecular formula is C17H20N4O2. The van der Waals surface area contributed by atoms with Crippen LogP contribution in [-0.4, -0.2) is 39.8 Å². The first-order valence-electron chi connectivity index (χ1n) is 7.79. The van der Waals surface area contributed by atoms with Crippen molar-refractivity contribution in [2.24, 2.45) is 5.92 Å². The van der Waals surface area contributed by atoms with Gasteiger partial charge in [0.05, 0.1) is 0 Å². The van der Waals surface area contributed by atoms with Crippen molar-refractivity contribution >= 4 is 17.5 Å². The molecule has 1 saturated heterocycles. The highest BCUT2D eigenvalue weighted by Gasteiger charge is 2.25. The third-order valence-corrected chi connectivity index (χ3v) is 4.24. The summed E-state index contributed by atoms with van der Waals surface area (Å²) in [6.45, 7) is 2.89. The van der Waals surface area contributed by atoms with Gasteiger partial charge in [-0.2, -0.15) is 0 Å². The van der Waals surface area contributed by atoms with Gasteiger partial charge in [-0.3, -0.25) is 9.59 Å². The van der Waals surface area contributed by atoms with E-state index in [9.17, 15) is 9.59 Å². The maximum absolute atomic E-state index is 12.3. The van der Waals surface area contributed by atoms with Crippen LogP contribution in [0.15, 0.2) is 36.7 Å². The Bertz CT molecular complexity index is 671. The number of nitrogens with one attached hydrogen (secondary N) is 2. The van der Waals surface area contributed by atoms with Gasteiger partial charge in [-0.15, -0.1) is 0 Å². The summed E-state index contributed by atoms with van der Waals surface area (Å²) in [4.78, 5) is 32.7. The Kier molecular flexibility index (Phi) is 4.41. The molecule has 2 amide bonds. The minimum Gasteiger partial charge on any atom is -0.345 e. The lowest BCUT2D eigenvalue weighted by Gasteiger charge is -2.30. The molecule has 6 nitrogen and oxygen atoms in total. The highest BCUT2D eigenvalue weighted by atomic mass is 16.2. The third kappa shape index (κ3) is 3.59. The van der Waals surface area contributed by atoms with Gasteiger partial charge in [-0.05, 0) is 37.1 Å². The molecule has 2 N–H and O–H groups in total. The van der Waals surface area contributed by atoms with Gasteiger partial charge in [0.2, 0.25) is 11.8 Å². The van der Waals surface area contributed by atoms with Crippen LogP contribution in [0.3, 0.4) is 0 Å². The number of likely N-dealkylation sites (tertiary alicyclic amines) is 1. The maximum Gasteiger partial charge on any atom is 0.227 e. The molecule has 0 unspecified atom stereocenters. The summed E-state index contributed by atoms with van der Waals surface area (Å²) in [6, 6.07) is 7.60. The predicted molar refractivity (Wildman–Crippen MR) is 87.6 cm³/mol. The van der Waals surface area contributed by atoms with Gasteiger partial charge >= 0.3 is 0 Å². The predicted octanol–water partition coefficient (Wildman–Crippen LogP) is 2.27. The minimum absolute atomic E-state index is 0.0268. The Balaban J connectivity index is 1.57. The Labute approximate surface area is 134 Å². The van der Waals surface area contributed by atoms with Gasteiger partial charge in [0.1, 0.15) is 5.82 Å². The molecule has 0 aliphatic carbocycles. The Morgan fingerprint density at radius 3 is 2.48 bits per heavy atom. The molecule has 1 aliphatic heterocycles. The highest BCUT2D eigenvalue weighted by molar-refractivity contribution is 5.93. The summed E-state index contributed by atoms with van der Waals surface area (Å²) in [5.74, 6) is 0.881. The van der Waals surface area contributed by atoms with Gasteiger partial charge in [0, 0.05) is 49.6 Å². The Morgan fingerprint density at radius 1 is 1.22 bits per heavy atom. The van der Waals surface area contributed by atoms with E-state index in [0.717, 1.165) is 29.9 Å². The van der Waals surface area contributed by atoms with Crippen molar-refractivity contribution in [3.05, 3.63) is 36.7 Å². The Hall–Kier alpha value is -2.63. The van der Waals surface area contributed by atoms with Crippen LogP contribution >= 0.6 is 0 Å². The van der Waals surface area contributed by atoms with Crippen molar-refractivity contribution in [1.29, 1.82) is 0 Å². The van der Waals surface area contributed by atoms with Crippen LogP contribution < -0.4 is 5.32 Å².